The number of anilines is 1. The molecule has 0 aliphatic heterocycles. The third-order valence-corrected chi connectivity index (χ3v) is 2.16. The van der Waals surface area contributed by atoms with Gasteiger partial charge >= 0.3 is 5.97 Å². The molecule has 0 spiro atoms. The van der Waals surface area contributed by atoms with E-state index in [0.29, 0.717) is 24.9 Å². The molecule has 1 aromatic rings. The summed E-state index contributed by atoms with van der Waals surface area (Å²) in [5.41, 5.74) is 7.33. The molecule has 0 fully saturated rings. The van der Waals surface area contributed by atoms with Crippen molar-refractivity contribution in [1.82, 2.24) is 0 Å². The molecule has 0 bridgehead atoms. The van der Waals surface area contributed by atoms with Crippen molar-refractivity contribution in [3.63, 3.8) is 0 Å². The summed E-state index contributed by atoms with van der Waals surface area (Å²) in [5.74, 6) is -0.231. The number of benzene rings is 1. The van der Waals surface area contributed by atoms with Crippen molar-refractivity contribution in [1.29, 1.82) is 0 Å². The number of nitrogens with two attached hydrogens (primary N) is 1. The minimum atomic E-state index is -0.231. The second kappa shape index (κ2) is 6.85. The van der Waals surface area contributed by atoms with Crippen LogP contribution in [0.3, 0.4) is 0 Å². The number of aliphatic hydroxyl groups is 1. The third-order valence-electron chi connectivity index (χ3n) is 2.16. The maximum atomic E-state index is 11.2. The Labute approximate surface area is 95.0 Å². The van der Waals surface area contributed by atoms with Gasteiger partial charge in [0.2, 0.25) is 0 Å². The van der Waals surface area contributed by atoms with E-state index in [4.69, 9.17) is 15.6 Å². The van der Waals surface area contributed by atoms with E-state index in [0.717, 1.165) is 5.56 Å². The largest absolute Gasteiger partial charge is 0.466 e. The summed E-state index contributed by atoms with van der Waals surface area (Å²) in [5, 5.41) is 8.51. The summed E-state index contributed by atoms with van der Waals surface area (Å²) in [6.07, 6.45) is 1.50. The molecule has 16 heavy (non-hydrogen) atoms. The quantitative estimate of drug-likeness (QED) is 0.431. The first kappa shape index (κ1) is 12.5. The molecule has 88 valence electrons. The Balaban J connectivity index is 2.23. The van der Waals surface area contributed by atoms with Gasteiger partial charge in [-0.15, -0.1) is 0 Å². The molecule has 0 heterocycles. The molecule has 0 amide bonds. The summed E-state index contributed by atoms with van der Waals surface area (Å²) in [7, 11) is 0. The van der Waals surface area contributed by atoms with Gasteiger partial charge < -0.3 is 15.6 Å². The summed E-state index contributed by atoms with van der Waals surface area (Å²) < 4.78 is 4.90. The van der Waals surface area contributed by atoms with E-state index in [2.05, 4.69) is 0 Å². The highest BCUT2D eigenvalue weighted by atomic mass is 16.5. The molecule has 0 aromatic heterocycles. The monoisotopic (exact) mass is 223 g/mol. The van der Waals surface area contributed by atoms with Crippen LogP contribution in [0.25, 0.3) is 0 Å². The molecule has 4 nitrogen and oxygen atoms in total. The normalized spacial score (nSPS) is 10.1. The molecule has 0 saturated carbocycles. The van der Waals surface area contributed by atoms with Crippen LogP contribution < -0.4 is 5.73 Å². The molecule has 0 aliphatic carbocycles. The van der Waals surface area contributed by atoms with Crippen LogP contribution in [-0.4, -0.2) is 24.3 Å². The van der Waals surface area contributed by atoms with Crippen molar-refractivity contribution >= 4 is 11.7 Å². The van der Waals surface area contributed by atoms with Crippen molar-refractivity contribution in [2.24, 2.45) is 0 Å². The molecule has 1 aromatic carbocycles. The number of aryl methyl sites for hydroxylation is 1. The minimum absolute atomic E-state index is 0.0469. The molecule has 0 saturated heterocycles. The Hall–Kier alpha value is -1.55. The molecule has 0 unspecified atom stereocenters. The molecule has 0 atom stereocenters. The Morgan fingerprint density at radius 1 is 1.31 bits per heavy atom. The predicted octanol–water partition coefficient (Wildman–Crippen LogP) is 1.13. The van der Waals surface area contributed by atoms with Crippen LogP contribution in [0.4, 0.5) is 5.69 Å². The zero-order valence-corrected chi connectivity index (χ0v) is 9.19. The van der Waals surface area contributed by atoms with E-state index in [9.17, 15) is 4.79 Å². The van der Waals surface area contributed by atoms with Crippen LogP contribution in [-0.2, 0) is 16.0 Å². The number of carbonyl (C=O) groups excluding carboxylic acids is 1. The first-order valence-corrected chi connectivity index (χ1v) is 5.33. The van der Waals surface area contributed by atoms with Crippen molar-refractivity contribution in [3.8, 4) is 0 Å². The second-order valence-corrected chi connectivity index (χ2v) is 3.54. The standard InChI is InChI=1S/C12H17NO3/c13-11-5-2-10(3-6-11)4-7-12(15)16-9-1-8-14/h2-3,5-6,14H,1,4,7-9,13H2. The van der Waals surface area contributed by atoms with E-state index in [1.54, 1.807) is 0 Å². The number of esters is 1. The number of hydrogen-bond donors (Lipinski definition) is 2. The fraction of sp³-hybridized carbons (Fsp3) is 0.417. The number of hydrogen-bond acceptors (Lipinski definition) is 4. The van der Waals surface area contributed by atoms with Gasteiger partial charge in [-0.2, -0.15) is 0 Å². The van der Waals surface area contributed by atoms with E-state index < -0.39 is 0 Å². The van der Waals surface area contributed by atoms with E-state index in [-0.39, 0.29) is 19.2 Å². The molecular formula is C12H17NO3. The Morgan fingerprint density at radius 3 is 2.62 bits per heavy atom. The highest BCUT2D eigenvalue weighted by Crippen LogP contribution is 2.08. The van der Waals surface area contributed by atoms with Gasteiger partial charge in [-0.05, 0) is 24.1 Å². The topological polar surface area (TPSA) is 72.6 Å². The Morgan fingerprint density at radius 2 is 2.00 bits per heavy atom. The second-order valence-electron chi connectivity index (χ2n) is 3.54. The van der Waals surface area contributed by atoms with Gasteiger partial charge in [-0.3, -0.25) is 4.79 Å². The number of aliphatic hydroxyl groups excluding tert-OH is 1. The fourth-order valence-electron chi connectivity index (χ4n) is 1.25. The van der Waals surface area contributed by atoms with Crippen molar-refractivity contribution in [2.45, 2.75) is 19.3 Å². The summed E-state index contributed by atoms with van der Waals surface area (Å²) >= 11 is 0. The van der Waals surface area contributed by atoms with E-state index in [1.165, 1.54) is 0 Å². The molecule has 0 radical (unpaired) electrons. The Kier molecular flexibility index (Phi) is 5.36. The van der Waals surface area contributed by atoms with Gasteiger partial charge in [0.1, 0.15) is 0 Å². The van der Waals surface area contributed by atoms with Crippen LogP contribution in [0.15, 0.2) is 24.3 Å². The van der Waals surface area contributed by atoms with Crippen LogP contribution in [0.5, 0.6) is 0 Å². The maximum Gasteiger partial charge on any atom is 0.306 e. The molecule has 3 N–H and O–H groups in total. The van der Waals surface area contributed by atoms with Crippen LogP contribution in [0, 0.1) is 0 Å². The van der Waals surface area contributed by atoms with Gasteiger partial charge in [-0.1, -0.05) is 12.1 Å². The first-order valence-electron chi connectivity index (χ1n) is 5.33. The van der Waals surface area contributed by atoms with Gasteiger partial charge in [0, 0.05) is 25.1 Å². The summed E-state index contributed by atoms with van der Waals surface area (Å²) in [6, 6.07) is 7.42. The van der Waals surface area contributed by atoms with Gasteiger partial charge in [-0.25, -0.2) is 0 Å². The van der Waals surface area contributed by atoms with Crippen LogP contribution in [0.2, 0.25) is 0 Å². The van der Waals surface area contributed by atoms with Gasteiger partial charge in [0.25, 0.3) is 0 Å². The number of nitrogen functional groups attached to an aromatic ring is 1. The summed E-state index contributed by atoms with van der Waals surface area (Å²) in [4.78, 5) is 11.2. The van der Waals surface area contributed by atoms with Crippen molar-refractivity contribution in [3.05, 3.63) is 29.8 Å². The van der Waals surface area contributed by atoms with Crippen LogP contribution >= 0.6 is 0 Å². The average molecular weight is 223 g/mol. The minimum Gasteiger partial charge on any atom is -0.466 e. The third kappa shape index (κ3) is 4.79. The van der Waals surface area contributed by atoms with Gasteiger partial charge in [0.15, 0.2) is 0 Å². The number of ether oxygens (including phenoxy) is 1. The van der Waals surface area contributed by atoms with E-state index in [1.807, 2.05) is 24.3 Å². The van der Waals surface area contributed by atoms with Gasteiger partial charge in [0.05, 0.1) is 6.61 Å². The molecule has 0 aliphatic rings. The fourth-order valence-corrected chi connectivity index (χ4v) is 1.25. The lowest BCUT2D eigenvalue weighted by atomic mass is 10.1. The van der Waals surface area contributed by atoms with Crippen LogP contribution in [0.1, 0.15) is 18.4 Å². The SMILES string of the molecule is Nc1ccc(CCC(=O)OCCCO)cc1. The first-order chi connectivity index (χ1) is 7.72. The predicted molar refractivity (Wildman–Crippen MR) is 61.8 cm³/mol. The smallest absolute Gasteiger partial charge is 0.306 e. The Bertz CT molecular complexity index is 322. The highest BCUT2D eigenvalue weighted by Gasteiger charge is 2.03. The lowest BCUT2D eigenvalue weighted by Gasteiger charge is -2.04. The molecule has 4 heteroatoms. The lowest BCUT2D eigenvalue weighted by Crippen LogP contribution is -2.07. The lowest BCUT2D eigenvalue weighted by molar-refractivity contribution is -0.143. The van der Waals surface area contributed by atoms with Crippen molar-refractivity contribution in [2.75, 3.05) is 18.9 Å². The highest BCUT2D eigenvalue weighted by molar-refractivity contribution is 5.69. The molecular weight excluding hydrogens is 206 g/mol. The number of rotatable bonds is 6. The maximum absolute atomic E-state index is 11.2. The van der Waals surface area contributed by atoms with E-state index >= 15 is 0 Å². The molecule has 1 rings (SSSR count). The zero-order valence-electron chi connectivity index (χ0n) is 9.19. The van der Waals surface area contributed by atoms with Crippen molar-refractivity contribution < 1.29 is 14.6 Å². The zero-order chi connectivity index (χ0) is 11.8. The average Bonchev–Trinajstić information content (AvgIpc) is 2.29. The number of carbonyl (C=O) groups is 1. The summed E-state index contributed by atoms with van der Waals surface area (Å²) in [6.45, 7) is 0.336.